The summed E-state index contributed by atoms with van der Waals surface area (Å²) in [6.45, 7) is 7.77. The zero-order chi connectivity index (χ0) is 30.3. The number of hydrogen-bond donors (Lipinski definition) is 4. The molecule has 43 heavy (non-hydrogen) atoms. The molecule has 0 atom stereocenters. The Morgan fingerprint density at radius 1 is 1.19 bits per heavy atom. The van der Waals surface area contributed by atoms with Gasteiger partial charge in [0, 0.05) is 48.7 Å². The molecule has 0 radical (unpaired) electrons. The smallest absolute Gasteiger partial charge is 0.181 e. The van der Waals surface area contributed by atoms with E-state index in [9.17, 15) is 4.39 Å². The maximum absolute atomic E-state index is 14.8. The molecule has 0 amide bonds. The van der Waals surface area contributed by atoms with Crippen molar-refractivity contribution in [3.8, 4) is 22.8 Å². The van der Waals surface area contributed by atoms with Crippen LogP contribution < -0.4 is 15.4 Å². The molecule has 0 unspecified atom stereocenters. The maximum Gasteiger partial charge on any atom is 0.181 e. The van der Waals surface area contributed by atoms with Crippen LogP contribution in [0.2, 0.25) is 0 Å². The minimum atomic E-state index is -1.45. The molecule has 5 N–H and O–H groups in total. The first kappa shape index (κ1) is 28.5. The highest BCUT2D eigenvalue weighted by Gasteiger charge is 2.25. The van der Waals surface area contributed by atoms with Crippen molar-refractivity contribution in [3.63, 3.8) is 0 Å². The Morgan fingerprint density at radius 2 is 2.00 bits per heavy atom. The molecular weight excluding hydrogens is 563 g/mol. The minimum absolute atomic E-state index is 0.157. The van der Waals surface area contributed by atoms with Crippen LogP contribution in [0.3, 0.4) is 0 Å². The summed E-state index contributed by atoms with van der Waals surface area (Å²) < 4.78 is 18.1. The van der Waals surface area contributed by atoms with Crippen molar-refractivity contribution < 1.29 is 4.39 Å². The molecule has 0 bridgehead atoms. The summed E-state index contributed by atoms with van der Waals surface area (Å²) in [7, 11) is -1.45. The number of aromatic nitrogens is 7. The minimum Gasteiger partial charge on any atom is -0.352 e. The molecule has 12 heteroatoms. The normalized spacial score (nSPS) is 14.3. The predicted molar refractivity (Wildman–Crippen MR) is 176 cm³/mol. The highest BCUT2D eigenvalue weighted by Crippen LogP contribution is 2.32. The molecule has 6 rings (SSSR count). The first-order valence-electron chi connectivity index (χ1n) is 13.6. The van der Waals surface area contributed by atoms with Crippen molar-refractivity contribution in [1.82, 2.24) is 39.8 Å². The Morgan fingerprint density at radius 3 is 2.74 bits per heavy atom. The number of nitrogens with zero attached hydrogens (tertiary/aromatic N) is 6. The fourth-order valence-electron chi connectivity index (χ4n) is 5.00. The van der Waals surface area contributed by atoms with E-state index < -0.39 is 9.39 Å². The fraction of sp³-hybridized carbons (Fsp3) is 0.194. The molecule has 0 aliphatic carbocycles. The second-order valence-electron chi connectivity index (χ2n) is 10.9. The van der Waals surface area contributed by atoms with E-state index in [1.54, 1.807) is 24.7 Å². The number of H-pyrrole nitrogens is 2. The number of aromatic amines is 2. The molecule has 5 aromatic rings. The van der Waals surface area contributed by atoms with Crippen molar-refractivity contribution >= 4 is 43.6 Å². The molecule has 0 spiro atoms. The lowest BCUT2D eigenvalue weighted by Crippen LogP contribution is -2.56. The number of halogens is 1. The second-order valence-corrected chi connectivity index (χ2v) is 13.8. The SMILES string of the molecule is C=C/C=C(/c1cc(F)cc(CNS(=C)(=C)C)c1)c1nc(-c2[nH]nc3ncc(-c4cncc(N5CC(N)C5)n4)cc23)[nH]c1C. The van der Waals surface area contributed by atoms with E-state index in [2.05, 4.69) is 53.1 Å². The summed E-state index contributed by atoms with van der Waals surface area (Å²) in [4.78, 5) is 24.1. The van der Waals surface area contributed by atoms with Crippen LogP contribution in [-0.2, 0) is 6.54 Å². The topological polar surface area (TPSA) is 137 Å². The number of anilines is 1. The van der Waals surface area contributed by atoms with Crippen LogP contribution in [0.5, 0.6) is 0 Å². The lowest BCUT2D eigenvalue weighted by atomic mass is 9.98. The molecule has 10 nitrogen and oxygen atoms in total. The molecule has 1 aliphatic heterocycles. The second kappa shape index (κ2) is 11.2. The van der Waals surface area contributed by atoms with Crippen molar-refractivity contribution in [2.75, 3.05) is 24.2 Å². The number of nitrogens with two attached hydrogens (primary N) is 1. The van der Waals surface area contributed by atoms with Crippen LogP contribution in [-0.4, -0.2) is 72.2 Å². The number of fused-ring (bicyclic) bond motifs is 1. The van der Waals surface area contributed by atoms with Gasteiger partial charge in [0.25, 0.3) is 0 Å². The Hall–Kier alpha value is -4.65. The quantitative estimate of drug-likeness (QED) is 0.146. The number of benzene rings is 1. The number of pyridine rings is 1. The maximum atomic E-state index is 14.8. The molecule has 1 saturated heterocycles. The van der Waals surface area contributed by atoms with E-state index in [0.717, 1.165) is 46.7 Å². The fourth-order valence-corrected chi connectivity index (χ4v) is 5.52. The van der Waals surface area contributed by atoms with Gasteiger partial charge in [-0.05, 0) is 48.6 Å². The summed E-state index contributed by atoms with van der Waals surface area (Å²) in [5.41, 5.74) is 12.3. The Kier molecular flexibility index (Phi) is 7.42. The molecule has 1 aliphatic rings. The van der Waals surface area contributed by atoms with E-state index in [1.165, 1.54) is 12.1 Å². The summed E-state index contributed by atoms with van der Waals surface area (Å²) in [5, 5.41) is 8.25. The van der Waals surface area contributed by atoms with Gasteiger partial charge >= 0.3 is 0 Å². The van der Waals surface area contributed by atoms with Gasteiger partial charge in [-0.15, -0.1) is 0 Å². The molecule has 4 aromatic heterocycles. The van der Waals surface area contributed by atoms with Gasteiger partial charge in [0.05, 0.1) is 29.2 Å². The van der Waals surface area contributed by atoms with E-state index in [0.29, 0.717) is 40.7 Å². The number of allylic oxidation sites excluding steroid dienone is 2. The predicted octanol–water partition coefficient (Wildman–Crippen LogP) is 4.32. The molecule has 1 aromatic carbocycles. The summed E-state index contributed by atoms with van der Waals surface area (Å²) >= 11 is 0. The Bertz CT molecular complexity index is 1980. The van der Waals surface area contributed by atoms with Gasteiger partial charge in [-0.25, -0.2) is 19.3 Å². The number of imidazole rings is 1. The molecule has 1 fully saturated rings. The van der Waals surface area contributed by atoms with E-state index >= 15 is 0 Å². The third-order valence-electron chi connectivity index (χ3n) is 7.12. The van der Waals surface area contributed by atoms with Crippen LogP contribution in [0.1, 0.15) is 22.5 Å². The van der Waals surface area contributed by atoms with E-state index in [1.807, 2.05) is 31.4 Å². The summed E-state index contributed by atoms with van der Waals surface area (Å²) in [6.07, 6.45) is 10.6. The first-order valence-corrected chi connectivity index (χ1v) is 16.0. The molecule has 5 heterocycles. The first-order chi connectivity index (χ1) is 20.6. The monoisotopic (exact) mass is 596 g/mol. The highest BCUT2D eigenvalue weighted by atomic mass is 32.2. The van der Waals surface area contributed by atoms with Gasteiger partial charge < -0.3 is 15.6 Å². The van der Waals surface area contributed by atoms with Crippen molar-refractivity contribution in [1.29, 1.82) is 0 Å². The molecular formula is C31H33FN10S. The van der Waals surface area contributed by atoms with Gasteiger partial charge in [-0.3, -0.25) is 14.8 Å². The van der Waals surface area contributed by atoms with Crippen molar-refractivity contribution in [2.45, 2.75) is 19.5 Å². The lowest BCUT2D eigenvalue weighted by molar-refractivity contribution is 0.514. The number of rotatable bonds is 9. The number of nitrogens with one attached hydrogen (secondary N) is 3. The van der Waals surface area contributed by atoms with Crippen molar-refractivity contribution in [3.05, 3.63) is 89.9 Å². The van der Waals surface area contributed by atoms with Crippen LogP contribution in [0.4, 0.5) is 10.2 Å². The van der Waals surface area contributed by atoms with Crippen LogP contribution >= 0.6 is 9.39 Å². The standard InChI is InChI=1S/C31H33FN10S/c1-6-7-24(20-8-19(9-22(32)10-20)12-36-43(3,4)5)28-18(2)37-31(39-28)29-25-11-21(13-35-30(25)41-40-29)26-14-34-15-27(38-26)42-16-23(33)17-42/h6-11,13-15,23,36H,1,3-4,12,16-17,33H2,2,5H3,(H,37,39)(H,35,40,41)/b24-7-. The molecule has 0 saturated carbocycles. The Balaban J connectivity index is 1.36. The average Bonchev–Trinajstić information content (AvgIpc) is 3.55. The molecule has 220 valence electrons. The van der Waals surface area contributed by atoms with Crippen LogP contribution in [0.15, 0.2) is 61.6 Å². The van der Waals surface area contributed by atoms with Gasteiger partial charge in [-0.2, -0.15) is 14.5 Å². The zero-order valence-corrected chi connectivity index (χ0v) is 24.9. The third-order valence-corrected chi connectivity index (χ3v) is 7.96. The van der Waals surface area contributed by atoms with Crippen LogP contribution in [0.25, 0.3) is 39.4 Å². The van der Waals surface area contributed by atoms with Gasteiger partial charge in [0.1, 0.15) is 17.3 Å². The van der Waals surface area contributed by atoms with E-state index in [4.69, 9.17) is 15.7 Å². The largest absolute Gasteiger partial charge is 0.352 e. The summed E-state index contributed by atoms with van der Waals surface area (Å²) in [5.74, 6) is 9.11. The average molecular weight is 597 g/mol. The zero-order valence-electron chi connectivity index (χ0n) is 24.1. The number of aryl methyl sites for hydroxylation is 1. The third kappa shape index (κ3) is 5.98. The van der Waals surface area contributed by atoms with Gasteiger partial charge in [-0.1, -0.05) is 30.5 Å². The number of hydrogen-bond acceptors (Lipinski definition) is 8. The van der Waals surface area contributed by atoms with Crippen LogP contribution in [0, 0.1) is 12.7 Å². The Labute approximate surface area is 249 Å². The van der Waals surface area contributed by atoms with Gasteiger partial charge in [0.15, 0.2) is 11.5 Å². The van der Waals surface area contributed by atoms with E-state index in [-0.39, 0.29) is 11.9 Å². The summed E-state index contributed by atoms with van der Waals surface area (Å²) in [6, 6.07) is 7.08. The lowest BCUT2D eigenvalue weighted by Gasteiger charge is -2.37. The van der Waals surface area contributed by atoms with Gasteiger partial charge in [0.2, 0.25) is 0 Å². The van der Waals surface area contributed by atoms with Crippen molar-refractivity contribution in [2.24, 2.45) is 5.73 Å². The highest BCUT2D eigenvalue weighted by molar-refractivity contribution is 8.25.